The number of benzene rings is 2. The fourth-order valence-corrected chi connectivity index (χ4v) is 3.43. The number of carbonyl (C=O) groups is 3. The monoisotopic (exact) mass is 436 g/mol. The number of alkyl carbamates (subject to hydrolysis) is 1. The van der Waals surface area contributed by atoms with Gasteiger partial charge in [-0.1, -0.05) is 54.5 Å². The zero-order chi connectivity index (χ0) is 22.8. The molecule has 0 aliphatic heterocycles. The minimum Gasteiger partial charge on any atom is -0.481 e. The summed E-state index contributed by atoms with van der Waals surface area (Å²) in [4.78, 5) is 33.9. The zero-order valence-corrected chi connectivity index (χ0v) is 17.4. The molecule has 0 radical (unpaired) electrons. The van der Waals surface area contributed by atoms with Crippen molar-refractivity contribution in [2.24, 2.45) is 0 Å². The number of fused-ring (bicyclic) bond motifs is 3. The molecule has 1 aliphatic rings. The van der Waals surface area contributed by atoms with E-state index < -0.39 is 18.0 Å². The van der Waals surface area contributed by atoms with Crippen LogP contribution in [0.3, 0.4) is 0 Å². The van der Waals surface area contributed by atoms with Gasteiger partial charge in [-0.2, -0.15) is 0 Å². The van der Waals surface area contributed by atoms with Crippen LogP contribution < -0.4 is 10.6 Å². The number of rotatable bonds is 9. The van der Waals surface area contributed by atoms with E-state index in [-0.39, 0.29) is 45.2 Å². The highest BCUT2D eigenvalue weighted by atomic mass is 16.5. The molecule has 0 unspecified atom stereocenters. The van der Waals surface area contributed by atoms with Gasteiger partial charge in [-0.05, 0) is 28.2 Å². The van der Waals surface area contributed by atoms with Gasteiger partial charge in [-0.25, -0.2) is 4.79 Å². The highest BCUT2D eigenvalue weighted by Crippen LogP contribution is 2.44. The van der Waals surface area contributed by atoms with Gasteiger partial charge in [0.05, 0.1) is 26.2 Å². The van der Waals surface area contributed by atoms with Crippen molar-refractivity contribution < 1.29 is 29.0 Å². The number of ether oxygens (including phenoxy) is 2. The molecule has 2 aromatic rings. The lowest BCUT2D eigenvalue weighted by Gasteiger charge is -2.14. The Morgan fingerprint density at radius 1 is 0.938 bits per heavy atom. The summed E-state index contributed by atoms with van der Waals surface area (Å²) >= 11 is 0. The number of carboxylic acids is 1. The highest BCUT2D eigenvalue weighted by Gasteiger charge is 2.28. The van der Waals surface area contributed by atoms with Gasteiger partial charge in [0.25, 0.3) is 5.91 Å². The second kappa shape index (κ2) is 11.5. The third-order valence-corrected chi connectivity index (χ3v) is 4.86. The molecule has 0 bridgehead atoms. The maximum absolute atomic E-state index is 12.0. The van der Waals surface area contributed by atoms with Crippen molar-refractivity contribution in [3.05, 3.63) is 59.7 Å². The Labute approximate surface area is 185 Å². The number of carbonyl (C=O) groups excluding carboxylic acids is 2. The smallest absolute Gasteiger partial charge is 0.407 e. The van der Waals surface area contributed by atoms with Crippen molar-refractivity contribution in [3.63, 3.8) is 0 Å². The number of nitrogens with one attached hydrogen (secondary N) is 2. The van der Waals surface area contributed by atoms with Gasteiger partial charge < -0.3 is 25.2 Å². The van der Waals surface area contributed by atoms with E-state index in [2.05, 4.69) is 34.6 Å². The summed E-state index contributed by atoms with van der Waals surface area (Å²) < 4.78 is 10.4. The van der Waals surface area contributed by atoms with Crippen molar-refractivity contribution in [1.29, 1.82) is 0 Å². The first-order valence-electron chi connectivity index (χ1n) is 10.2. The van der Waals surface area contributed by atoms with Crippen LogP contribution in [0.4, 0.5) is 4.79 Å². The minimum absolute atomic E-state index is 0.0253. The SMILES string of the molecule is O=C(O)CCOCCNC(=O)C#CCNC(=O)OCC1c2ccccc2-c2ccccc21. The topological polar surface area (TPSA) is 114 Å². The lowest BCUT2D eigenvalue weighted by Crippen LogP contribution is -2.28. The third-order valence-electron chi connectivity index (χ3n) is 4.86. The van der Waals surface area contributed by atoms with Crippen molar-refractivity contribution >= 4 is 18.0 Å². The number of aliphatic carboxylic acids is 1. The summed E-state index contributed by atoms with van der Waals surface area (Å²) in [5, 5.41) is 13.5. The van der Waals surface area contributed by atoms with Crippen molar-refractivity contribution in [3.8, 4) is 23.0 Å². The molecular formula is C24H24N2O6. The second-order valence-electron chi connectivity index (χ2n) is 6.99. The van der Waals surface area contributed by atoms with Crippen molar-refractivity contribution in [1.82, 2.24) is 10.6 Å². The van der Waals surface area contributed by atoms with E-state index in [4.69, 9.17) is 14.6 Å². The average molecular weight is 436 g/mol. The molecule has 0 saturated carbocycles. The molecule has 0 saturated heterocycles. The van der Waals surface area contributed by atoms with Crippen LogP contribution in [0.5, 0.6) is 0 Å². The lowest BCUT2D eigenvalue weighted by atomic mass is 9.98. The fraction of sp³-hybridized carbons (Fsp3) is 0.292. The first-order valence-corrected chi connectivity index (χ1v) is 10.2. The van der Waals surface area contributed by atoms with Gasteiger partial charge in [0.15, 0.2) is 0 Å². The molecule has 1 aliphatic carbocycles. The molecular weight excluding hydrogens is 412 g/mol. The van der Waals surface area contributed by atoms with Crippen molar-refractivity contribution in [2.45, 2.75) is 12.3 Å². The fourth-order valence-electron chi connectivity index (χ4n) is 3.43. The van der Waals surface area contributed by atoms with Gasteiger partial charge in [0.2, 0.25) is 0 Å². The molecule has 2 aromatic carbocycles. The predicted molar refractivity (Wildman–Crippen MR) is 117 cm³/mol. The third kappa shape index (κ3) is 6.33. The van der Waals surface area contributed by atoms with Crippen LogP contribution in [0.2, 0.25) is 0 Å². The van der Waals surface area contributed by atoms with E-state index in [9.17, 15) is 14.4 Å². The first-order chi connectivity index (χ1) is 15.6. The van der Waals surface area contributed by atoms with Gasteiger partial charge in [-0.3, -0.25) is 9.59 Å². The van der Waals surface area contributed by atoms with Crippen LogP contribution in [0.25, 0.3) is 11.1 Å². The van der Waals surface area contributed by atoms with Crippen molar-refractivity contribution in [2.75, 3.05) is 32.9 Å². The number of amides is 2. The average Bonchev–Trinajstić information content (AvgIpc) is 3.11. The van der Waals surface area contributed by atoms with Gasteiger partial charge >= 0.3 is 12.1 Å². The summed E-state index contributed by atoms with van der Waals surface area (Å²) in [5.74, 6) is 3.42. The lowest BCUT2D eigenvalue weighted by molar-refractivity contribution is -0.138. The maximum atomic E-state index is 12.0. The molecule has 166 valence electrons. The molecule has 3 N–H and O–H groups in total. The van der Waals surface area contributed by atoms with Crippen LogP contribution in [0, 0.1) is 11.8 Å². The summed E-state index contributed by atoms with van der Waals surface area (Å²) in [6, 6.07) is 16.2. The Kier molecular flexibility index (Phi) is 8.23. The summed E-state index contributed by atoms with van der Waals surface area (Å²) in [6.07, 6.45) is -0.691. The van der Waals surface area contributed by atoms with Gasteiger partial charge in [0, 0.05) is 12.5 Å². The van der Waals surface area contributed by atoms with E-state index in [0.29, 0.717) is 0 Å². The predicted octanol–water partition coefficient (Wildman–Crippen LogP) is 2.14. The van der Waals surface area contributed by atoms with Crippen LogP contribution >= 0.6 is 0 Å². The number of carboxylic acid groups (broad SMARTS) is 1. The Morgan fingerprint density at radius 3 is 2.25 bits per heavy atom. The summed E-state index contributed by atoms with van der Waals surface area (Å²) in [5.41, 5.74) is 4.57. The van der Waals surface area contributed by atoms with E-state index in [1.54, 1.807) is 0 Å². The summed E-state index contributed by atoms with van der Waals surface area (Å²) in [7, 11) is 0. The molecule has 0 heterocycles. The molecule has 0 aromatic heterocycles. The quantitative estimate of drug-likeness (QED) is 0.410. The van der Waals surface area contributed by atoms with E-state index >= 15 is 0 Å². The molecule has 8 nitrogen and oxygen atoms in total. The molecule has 0 spiro atoms. The van der Waals surface area contributed by atoms with Crippen LogP contribution in [0.15, 0.2) is 48.5 Å². The zero-order valence-electron chi connectivity index (χ0n) is 17.4. The van der Waals surface area contributed by atoms with Gasteiger partial charge in [-0.15, -0.1) is 0 Å². The molecule has 3 rings (SSSR count). The molecule has 32 heavy (non-hydrogen) atoms. The van der Waals surface area contributed by atoms with E-state index in [1.165, 1.54) is 0 Å². The minimum atomic E-state index is -0.941. The molecule has 8 heteroatoms. The van der Waals surface area contributed by atoms with E-state index in [1.807, 2.05) is 36.4 Å². The van der Waals surface area contributed by atoms with E-state index in [0.717, 1.165) is 22.3 Å². The standard InChI is InChI=1S/C24H24N2O6/c27-22(25-13-15-31-14-11-23(28)29)10-5-12-26-24(30)32-16-21-19-8-3-1-6-17(19)18-7-2-4-9-20(18)21/h1-4,6-9,21H,11-16H2,(H,25,27)(H,26,30)(H,28,29). The van der Waals surface area contributed by atoms with Crippen LogP contribution in [-0.2, 0) is 19.1 Å². The van der Waals surface area contributed by atoms with Gasteiger partial charge in [0.1, 0.15) is 6.61 Å². The summed E-state index contributed by atoms with van der Waals surface area (Å²) in [6.45, 7) is 0.668. The maximum Gasteiger partial charge on any atom is 0.407 e. The molecule has 2 amide bonds. The Balaban J connectivity index is 1.37. The molecule has 0 atom stereocenters. The Morgan fingerprint density at radius 2 is 1.59 bits per heavy atom. The highest BCUT2D eigenvalue weighted by molar-refractivity contribution is 5.93. The Bertz CT molecular complexity index is 995. The van der Waals surface area contributed by atoms with Crippen LogP contribution in [-0.4, -0.2) is 56.0 Å². The number of hydrogen-bond acceptors (Lipinski definition) is 5. The largest absolute Gasteiger partial charge is 0.481 e. The van der Waals surface area contributed by atoms with Crippen LogP contribution in [0.1, 0.15) is 23.5 Å². The number of hydrogen-bond donors (Lipinski definition) is 3. The normalized spacial score (nSPS) is 11.5. The second-order valence-corrected chi connectivity index (χ2v) is 6.99. The Hall–Kier alpha value is -3.83. The first kappa shape index (κ1) is 22.8. The molecule has 0 fully saturated rings.